The number of hydrogen-bond acceptors (Lipinski definition) is 5. The summed E-state index contributed by atoms with van der Waals surface area (Å²) in [6, 6.07) is 18.6. The average Bonchev–Trinajstić information content (AvgIpc) is 3.73. The van der Waals surface area contributed by atoms with E-state index in [4.69, 9.17) is 0 Å². The molecule has 0 radical (unpaired) electrons. The van der Waals surface area contributed by atoms with Gasteiger partial charge in [0.1, 0.15) is 11.3 Å². The molecule has 5 aromatic heterocycles. The van der Waals surface area contributed by atoms with Crippen molar-refractivity contribution < 1.29 is 0 Å². The quantitative estimate of drug-likeness (QED) is 0.205. The molecule has 0 atom stereocenters. The highest BCUT2D eigenvalue weighted by molar-refractivity contribution is 7.08. The van der Waals surface area contributed by atoms with Crippen LogP contribution in [0.1, 0.15) is 18.1 Å². The van der Waals surface area contributed by atoms with Gasteiger partial charge in [-0.2, -0.15) is 16.4 Å². The van der Waals surface area contributed by atoms with Crippen LogP contribution in [0, 0.1) is 0 Å². The normalized spacial score (nSPS) is 12.2. The van der Waals surface area contributed by atoms with E-state index in [2.05, 4.69) is 84.7 Å². The first-order valence-corrected chi connectivity index (χ1v) is 13.9. The molecule has 0 aliphatic rings. The molecule has 7 heteroatoms. The molecular weight excluding hydrogens is 512 g/mol. The van der Waals surface area contributed by atoms with Crippen LogP contribution in [-0.2, 0) is 6.42 Å². The summed E-state index contributed by atoms with van der Waals surface area (Å²) < 4.78 is 0. The average molecular weight is 541 g/mol. The Balaban J connectivity index is 1.32. The lowest BCUT2D eigenvalue weighted by Gasteiger charge is -2.11. The number of nitrogens with zero attached hydrogens (tertiary/aromatic N) is 3. The Bertz CT molecular complexity index is 1950. The van der Waals surface area contributed by atoms with E-state index >= 15 is 0 Å². The van der Waals surface area contributed by atoms with E-state index in [9.17, 15) is 0 Å². The summed E-state index contributed by atoms with van der Waals surface area (Å²) >= 11 is 1.68. The van der Waals surface area contributed by atoms with Gasteiger partial charge >= 0.3 is 0 Å². The third-order valence-corrected chi connectivity index (χ3v) is 7.43. The highest BCUT2D eigenvalue weighted by Gasteiger charge is 2.13. The Morgan fingerprint density at radius 2 is 1.95 bits per heavy atom. The molecule has 40 heavy (non-hydrogen) atoms. The van der Waals surface area contributed by atoms with Crippen molar-refractivity contribution >= 4 is 45.8 Å². The smallest absolute Gasteiger partial charge is 0.138 e. The van der Waals surface area contributed by atoms with E-state index < -0.39 is 0 Å². The van der Waals surface area contributed by atoms with Crippen molar-refractivity contribution in [2.45, 2.75) is 13.3 Å². The molecule has 0 saturated carbocycles. The van der Waals surface area contributed by atoms with Gasteiger partial charge in [0.15, 0.2) is 0 Å². The number of rotatable bonds is 8. The molecule has 0 unspecified atom stereocenters. The number of pyridine rings is 2. The maximum atomic E-state index is 4.66. The van der Waals surface area contributed by atoms with Crippen LogP contribution in [0.3, 0.4) is 0 Å². The molecule has 0 saturated heterocycles. The maximum absolute atomic E-state index is 4.66. The zero-order valence-corrected chi connectivity index (χ0v) is 22.9. The van der Waals surface area contributed by atoms with Gasteiger partial charge in [-0.25, -0.2) is 4.98 Å². The fourth-order valence-electron chi connectivity index (χ4n) is 4.79. The summed E-state index contributed by atoms with van der Waals surface area (Å²) in [4.78, 5) is 12.5. The van der Waals surface area contributed by atoms with Gasteiger partial charge in [0.25, 0.3) is 0 Å². The number of fused-ring (bicyclic) bond motifs is 1. The van der Waals surface area contributed by atoms with Crippen LogP contribution in [-0.4, -0.2) is 25.1 Å². The molecule has 196 valence electrons. The van der Waals surface area contributed by atoms with E-state index in [0.29, 0.717) is 0 Å². The zero-order valence-electron chi connectivity index (χ0n) is 22.1. The first kappa shape index (κ1) is 25.3. The lowest BCUT2D eigenvalue weighted by molar-refractivity contribution is 1.06. The number of allylic oxidation sites excluding steroid dienone is 2. The van der Waals surface area contributed by atoms with E-state index in [1.54, 1.807) is 17.5 Å². The minimum atomic E-state index is 0.736. The SMILES string of the molecule is C=C(Cc1ccccc1)Nc1cncc(C(=C)/C=c2/c(-c3cc4c(-c5ccsc5)ccnc4[nH]3)n[nH]/c2=C/C)c1. The van der Waals surface area contributed by atoms with Crippen molar-refractivity contribution in [3.8, 4) is 22.5 Å². The highest BCUT2D eigenvalue weighted by atomic mass is 32.1. The van der Waals surface area contributed by atoms with Gasteiger partial charge in [0.2, 0.25) is 0 Å². The van der Waals surface area contributed by atoms with Gasteiger partial charge in [0.05, 0.1) is 22.9 Å². The topological polar surface area (TPSA) is 82.3 Å². The van der Waals surface area contributed by atoms with Gasteiger partial charge < -0.3 is 10.3 Å². The summed E-state index contributed by atoms with van der Waals surface area (Å²) in [6.07, 6.45) is 10.2. The second-order valence-corrected chi connectivity index (χ2v) is 10.3. The van der Waals surface area contributed by atoms with Crippen molar-refractivity contribution in [1.29, 1.82) is 0 Å². The molecule has 6 nitrogen and oxygen atoms in total. The predicted octanol–water partition coefficient (Wildman–Crippen LogP) is 6.54. The van der Waals surface area contributed by atoms with Crippen LogP contribution in [0.4, 0.5) is 5.69 Å². The molecule has 6 aromatic rings. The first-order chi connectivity index (χ1) is 19.6. The lowest BCUT2D eigenvalue weighted by Crippen LogP contribution is -2.23. The number of H-pyrrole nitrogens is 2. The predicted molar refractivity (Wildman–Crippen MR) is 167 cm³/mol. The van der Waals surface area contributed by atoms with Crippen molar-refractivity contribution in [1.82, 2.24) is 25.1 Å². The summed E-state index contributed by atoms with van der Waals surface area (Å²) in [5.41, 5.74) is 9.54. The number of nitrogens with one attached hydrogen (secondary N) is 3. The van der Waals surface area contributed by atoms with Crippen LogP contribution in [0.15, 0.2) is 103 Å². The van der Waals surface area contributed by atoms with Crippen LogP contribution in [0.5, 0.6) is 0 Å². The third-order valence-electron chi connectivity index (χ3n) is 6.75. The number of benzene rings is 1. The van der Waals surface area contributed by atoms with Crippen molar-refractivity contribution in [2.24, 2.45) is 0 Å². The molecule has 1 aromatic carbocycles. The highest BCUT2D eigenvalue weighted by Crippen LogP contribution is 2.31. The second-order valence-electron chi connectivity index (χ2n) is 9.53. The number of anilines is 1. The molecule has 0 aliphatic carbocycles. The van der Waals surface area contributed by atoms with Crippen molar-refractivity contribution in [2.75, 3.05) is 5.32 Å². The molecule has 0 spiro atoms. The number of aromatic nitrogens is 5. The Kier molecular flexibility index (Phi) is 6.95. The number of aromatic amines is 2. The maximum Gasteiger partial charge on any atom is 0.138 e. The molecule has 0 bridgehead atoms. The fraction of sp³-hybridized carbons (Fsp3) is 0.0606. The number of thiophene rings is 1. The van der Waals surface area contributed by atoms with E-state index in [1.165, 1.54) is 11.1 Å². The van der Waals surface area contributed by atoms with Gasteiger partial charge in [0, 0.05) is 40.7 Å². The minimum Gasteiger partial charge on any atom is -0.358 e. The molecule has 6 rings (SSSR count). The number of hydrogen-bond donors (Lipinski definition) is 3. The summed E-state index contributed by atoms with van der Waals surface area (Å²) in [6.45, 7) is 10.6. The summed E-state index contributed by atoms with van der Waals surface area (Å²) in [5, 5.41) is 18.4. The molecule has 0 aliphatic heterocycles. The van der Waals surface area contributed by atoms with Crippen molar-refractivity contribution in [3.63, 3.8) is 0 Å². The molecule has 0 amide bonds. The third kappa shape index (κ3) is 5.15. The molecule has 0 fully saturated rings. The van der Waals surface area contributed by atoms with Gasteiger partial charge in [-0.1, -0.05) is 49.6 Å². The largest absolute Gasteiger partial charge is 0.358 e. The van der Waals surface area contributed by atoms with E-state index in [1.807, 2.05) is 55.7 Å². The summed E-state index contributed by atoms with van der Waals surface area (Å²) in [7, 11) is 0. The van der Waals surface area contributed by atoms with Crippen LogP contribution in [0.25, 0.3) is 51.3 Å². The standard InChI is InChI=1S/C33H28N6S/c1-4-30-29(14-21(2)25-16-26(19-34-18-25)36-22(3)15-23-8-6-5-7-9-23)32(39-38-30)31-17-28-27(24-11-13-40-20-24)10-12-35-33(28)37-31/h4-14,16-20,36,38H,2-3,15H2,1H3,(H,35,37)/b29-14+,30-4+. The van der Waals surface area contributed by atoms with Crippen LogP contribution < -0.4 is 15.9 Å². The fourth-order valence-corrected chi connectivity index (χ4v) is 5.45. The van der Waals surface area contributed by atoms with E-state index in [-0.39, 0.29) is 0 Å². The molecule has 3 N–H and O–H groups in total. The lowest BCUT2D eigenvalue weighted by atomic mass is 10.1. The monoisotopic (exact) mass is 540 g/mol. The Morgan fingerprint density at radius 1 is 1.07 bits per heavy atom. The Hall–Kier alpha value is -5.01. The van der Waals surface area contributed by atoms with Crippen LogP contribution >= 0.6 is 11.3 Å². The summed E-state index contributed by atoms with van der Waals surface area (Å²) in [5.74, 6) is 0. The van der Waals surface area contributed by atoms with E-state index in [0.717, 1.165) is 67.5 Å². The minimum absolute atomic E-state index is 0.736. The molecular formula is C33H28N6S. The van der Waals surface area contributed by atoms with Gasteiger partial charge in [-0.3, -0.25) is 10.1 Å². The zero-order chi connectivity index (χ0) is 27.5. The Labute approximate surface area is 236 Å². The van der Waals surface area contributed by atoms with Crippen LogP contribution in [0.2, 0.25) is 0 Å². The van der Waals surface area contributed by atoms with Gasteiger partial charge in [-0.15, -0.1) is 0 Å². The van der Waals surface area contributed by atoms with Crippen molar-refractivity contribution in [3.05, 3.63) is 124 Å². The Morgan fingerprint density at radius 3 is 2.75 bits per heavy atom. The molecule has 5 heterocycles. The first-order valence-electron chi connectivity index (χ1n) is 12.9. The van der Waals surface area contributed by atoms with Gasteiger partial charge in [-0.05, 0) is 70.3 Å². The second kappa shape index (κ2) is 11.0.